The molecule has 6 nitrogen and oxygen atoms in total. The number of hydrogen-bond acceptors (Lipinski definition) is 5. The third kappa shape index (κ3) is 6.25. The number of benzene rings is 1. The van der Waals surface area contributed by atoms with Crippen molar-refractivity contribution in [3.63, 3.8) is 0 Å². The molecular formula is C23H27Cl2N3O3S. The van der Waals surface area contributed by atoms with Gasteiger partial charge in [-0.05, 0) is 37.1 Å². The smallest absolute Gasteiger partial charge is 0.253 e. The van der Waals surface area contributed by atoms with Crippen LogP contribution in [0.15, 0.2) is 29.6 Å². The lowest BCUT2D eigenvalue weighted by Gasteiger charge is -2.13. The summed E-state index contributed by atoms with van der Waals surface area (Å²) in [6.07, 6.45) is 0. The summed E-state index contributed by atoms with van der Waals surface area (Å²) in [5.41, 5.74) is 3.30. The molecule has 0 bridgehead atoms. The van der Waals surface area contributed by atoms with E-state index < -0.39 is 0 Å². The molecule has 3 rings (SSSR count). The Morgan fingerprint density at radius 1 is 1.22 bits per heavy atom. The molecule has 1 aromatic carbocycles. The Kier molecular flexibility index (Phi) is 8.59. The number of methoxy groups -OCH3 is 1. The van der Waals surface area contributed by atoms with Crippen LogP contribution >= 0.6 is 34.5 Å². The minimum Gasteiger partial charge on any atom is -0.486 e. The minimum atomic E-state index is -0.111. The molecule has 2 aromatic heterocycles. The highest BCUT2D eigenvalue weighted by atomic mass is 35.5. The number of carbonyl (C=O) groups is 1. The maximum atomic E-state index is 12.7. The number of ether oxygens (including phenoxy) is 2. The molecule has 172 valence electrons. The number of amides is 1. The predicted molar refractivity (Wildman–Crippen MR) is 130 cm³/mol. The van der Waals surface area contributed by atoms with Crippen molar-refractivity contribution in [2.24, 2.45) is 5.92 Å². The summed E-state index contributed by atoms with van der Waals surface area (Å²) in [5, 5.41) is 6.75. The molecule has 0 atom stereocenters. The molecule has 0 saturated heterocycles. The van der Waals surface area contributed by atoms with Crippen LogP contribution in [0.5, 0.6) is 5.75 Å². The molecule has 0 spiro atoms. The number of rotatable bonds is 10. The normalized spacial score (nSPS) is 11.2. The van der Waals surface area contributed by atoms with Crippen LogP contribution in [0.2, 0.25) is 10.0 Å². The number of halogens is 2. The summed E-state index contributed by atoms with van der Waals surface area (Å²) in [4.78, 5) is 17.5. The fourth-order valence-electron chi connectivity index (χ4n) is 3.30. The van der Waals surface area contributed by atoms with Gasteiger partial charge in [-0.1, -0.05) is 37.0 Å². The Hall–Kier alpha value is -2.06. The highest BCUT2D eigenvalue weighted by Gasteiger charge is 2.20. The molecule has 0 radical (unpaired) electrons. The highest BCUT2D eigenvalue weighted by Crippen LogP contribution is 2.30. The van der Waals surface area contributed by atoms with E-state index in [-0.39, 0.29) is 5.91 Å². The second-order valence-electron chi connectivity index (χ2n) is 7.80. The van der Waals surface area contributed by atoms with Crippen LogP contribution in [0, 0.1) is 12.8 Å². The third-order valence-electron chi connectivity index (χ3n) is 4.76. The Morgan fingerprint density at radius 3 is 2.59 bits per heavy atom. The Balaban J connectivity index is 1.82. The maximum absolute atomic E-state index is 12.7. The average Bonchev–Trinajstić information content (AvgIpc) is 3.31. The van der Waals surface area contributed by atoms with Crippen LogP contribution in [0.3, 0.4) is 0 Å². The van der Waals surface area contributed by atoms with Gasteiger partial charge < -0.3 is 19.4 Å². The molecule has 9 heteroatoms. The van der Waals surface area contributed by atoms with E-state index in [4.69, 9.17) is 37.7 Å². The van der Waals surface area contributed by atoms with E-state index in [1.54, 1.807) is 25.3 Å². The molecule has 1 amide bonds. The first-order chi connectivity index (χ1) is 15.3. The largest absolute Gasteiger partial charge is 0.486 e. The lowest BCUT2D eigenvalue weighted by Crippen LogP contribution is -2.27. The molecule has 0 aliphatic rings. The summed E-state index contributed by atoms with van der Waals surface area (Å²) >= 11 is 13.6. The van der Waals surface area contributed by atoms with E-state index in [0.717, 1.165) is 28.6 Å². The number of nitrogens with one attached hydrogen (secondary N) is 1. The minimum absolute atomic E-state index is 0.111. The van der Waals surface area contributed by atoms with Gasteiger partial charge in [-0.25, -0.2) is 4.98 Å². The standard InChI is InChI=1S/C23H27Cl2N3O3S/c1-14(2)11-28-15(3)19(23(29)26-5-6-30-4)10-21(28)20-13-32-22(27-20)12-31-18-8-16(24)7-17(25)9-18/h7-10,13-14H,5-6,11-12H2,1-4H3,(H,26,29). The van der Waals surface area contributed by atoms with Crippen molar-refractivity contribution in [1.29, 1.82) is 0 Å². The van der Waals surface area contributed by atoms with Crippen LogP contribution in [-0.2, 0) is 17.9 Å². The zero-order valence-corrected chi connectivity index (χ0v) is 20.9. The van der Waals surface area contributed by atoms with Crippen molar-refractivity contribution in [3.8, 4) is 17.1 Å². The number of hydrogen-bond donors (Lipinski definition) is 1. The van der Waals surface area contributed by atoms with Crippen LogP contribution in [-0.4, -0.2) is 35.7 Å². The van der Waals surface area contributed by atoms with Gasteiger partial charge in [0.15, 0.2) is 0 Å². The van der Waals surface area contributed by atoms with E-state index in [9.17, 15) is 4.79 Å². The third-order valence-corrected chi connectivity index (χ3v) is 6.02. The van der Waals surface area contributed by atoms with Crippen molar-refractivity contribution in [2.75, 3.05) is 20.3 Å². The van der Waals surface area contributed by atoms with Crippen LogP contribution in [0.4, 0.5) is 0 Å². The molecule has 0 unspecified atom stereocenters. The van der Waals surface area contributed by atoms with Crippen molar-refractivity contribution in [3.05, 3.63) is 56.0 Å². The summed E-state index contributed by atoms with van der Waals surface area (Å²) in [6.45, 7) is 8.29. The van der Waals surface area contributed by atoms with Crippen molar-refractivity contribution >= 4 is 40.4 Å². The van der Waals surface area contributed by atoms with Gasteiger partial charge in [0.2, 0.25) is 0 Å². The molecular weight excluding hydrogens is 469 g/mol. The van der Waals surface area contributed by atoms with E-state index in [0.29, 0.717) is 47.0 Å². The van der Waals surface area contributed by atoms with Crippen LogP contribution < -0.4 is 10.1 Å². The second-order valence-corrected chi connectivity index (χ2v) is 9.62. The van der Waals surface area contributed by atoms with Crippen molar-refractivity contribution in [1.82, 2.24) is 14.9 Å². The van der Waals surface area contributed by atoms with Gasteiger partial charge in [-0.15, -0.1) is 11.3 Å². The molecule has 32 heavy (non-hydrogen) atoms. The number of nitrogens with zero attached hydrogens (tertiary/aromatic N) is 2. The molecule has 0 fully saturated rings. The highest BCUT2D eigenvalue weighted by molar-refractivity contribution is 7.09. The summed E-state index contributed by atoms with van der Waals surface area (Å²) in [5.74, 6) is 0.895. The number of thiazole rings is 1. The topological polar surface area (TPSA) is 65.4 Å². The first-order valence-electron chi connectivity index (χ1n) is 10.3. The SMILES string of the molecule is COCCNC(=O)c1cc(-c2csc(COc3cc(Cl)cc(Cl)c3)n2)n(CC(C)C)c1C. The molecule has 0 aliphatic heterocycles. The summed E-state index contributed by atoms with van der Waals surface area (Å²) < 4.78 is 13.0. The Morgan fingerprint density at radius 2 is 1.94 bits per heavy atom. The quantitative estimate of drug-likeness (QED) is 0.359. The first-order valence-corrected chi connectivity index (χ1v) is 11.9. The Bertz CT molecular complexity index is 1060. The Labute approximate surface area is 202 Å². The molecule has 3 aromatic rings. The molecule has 2 heterocycles. The zero-order chi connectivity index (χ0) is 23.3. The van der Waals surface area contributed by atoms with E-state index in [1.165, 1.54) is 11.3 Å². The monoisotopic (exact) mass is 495 g/mol. The van der Waals surface area contributed by atoms with Gasteiger partial charge in [0.25, 0.3) is 5.91 Å². The average molecular weight is 496 g/mol. The van der Waals surface area contributed by atoms with E-state index >= 15 is 0 Å². The first kappa shape index (κ1) is 24.6. The van der Waals surface area contributed by atoms with E-state index in [2.05, 4.69) is 23.7 Å². The summed E-state index contributed by atoms with van der Waals surface area (Å²) in [7, 11) is 1.61. The van der Waals surface area contributed by atoms with Gasteiger partial charge in [-0.3, -0.25) is 4.79 Å². The molecule has 1 N–H and O–H groups in total. The lowest BCUT2D eigenvalue weighted by molar-refractivity contribution is 0.0936. The fraction of sp³-hybridized carbons (Fsp3) is 0.391. The lowest BCUT2D eigenvalue weighted by atomic mass is 10.2. The van der Waals surface area contributed by atoms with Gasteiger partial charge >= 0.3 is 0 Å². The predicted octanol–water partition coefficient (Wildman–Crippen LogP) is 5.84. The zero-order valence-electron chi connectivity index (χ0n) is 18.6. The van der Waals surface area contributed by atoms with Crippen LogP contribution in [0.25, 0.3) is 11.4 Å². The van der Waals surface area contributed by atoms with Crippen molar-refractivity contribution in [2.45, 2.75) is 33.9 Å². The van der Waals surface area contributed by atoms with E-state index in [1.807, 2.05) is 18.4 Å². The van der Waals surface area contributed by atoms with Gasteiger partial charge in [0.1, 0.15) is 17.4 Å². The molecule has 0 saturated carbocycles. The van der Waals surface area contributed by atoms with Gasteiger partial charge in [0, 0.05) is 41.3 Å². The number of aromatic nitrogens is 2. The second kappa shape index (κ2) is 11.2. The van der Waals surface area contributed by atoms with Gasteiger partial charge in [0.05, 0.1) is 23.6 Å². The maximum Gasteiger partial charge on any atom is 0.253 e. The van der Waals surface area contributed by atoms with Crippen molar-refractivity contribution < 1.29 is 14.3 Å². The summed E-state index contributed by atoms with van der Waals surface area (Å²) in [6, 6.07) is 7.00. The van der Waals surface area contributed by atoms with Gasteiger partial charge in [-0.2, -0.15) is 0 Å². The van der Waals surface area contributed by atoms with Crippen LogP contribution in [0.1, 0.15) is 34.9 Å². The number of carbonyl (C=O) groups excluding carboxylic acids is 1. The molecule has 0 aliphatic carbocycles. The fourth-order valence-corrected chi connectivity index (χ4v) is 4.51.